The van der Waals surface area contributed by atoms with Crippen LogP contribution in [0.15, 0.2) is 24.4 Å². The molecule has 0 fully saturated rings. The number of nitrogens with zero attached hydrogens (tertiary/aromatic N) is 2. The van der Waals surface area contributed by atoms with Gasteiger partial charge in [0.25, 0.3) is 0 Å². The highest BCUT2D eigenvalue weighted by Gasteiger charge is 2.10. The smallest absolute Gasteiger partial charge is 0.236 e. The minimum absolute atomic E-state index is 0.466. The van der Waals surface area contributed by atoms with Gasteiger partial charge in [-0.3, -0.25) is 0 Å². The van der Waals surface area contributed by atoms with E-state index < -0.39 is 10.0 Å². The maximum absolute atomic E-state index is 11.4. The van der Waals surface area contributed by atoms with Gasteiger partial charge >= 0.3 is 0 Å². The van der Waals surface area contributed by atoms with E-state index in [1.54, 1.807) is 18.2 Å². The topological polar surface area (TPSA) is 61.2 Å². The average Bonchev–Trinajstić information content (AvgIpc) is 2.59. The van der Waals surface area contributed by atoms with Gasteiger partial charge in [-0.1, -0.05) is 0 Å². The molecule has 0 radical (unpaired) electrons. The van der Waals surface area contributed by atoms with E-state index in [2.05, 4.69) is 4.98 Å². The van der Waals surface area contributed by atoms with Crippen LogP contribution in [0.1, 0.15) is 0 Å². The molecule has 0 saturated carbocycles. The first-order valence-electron chi connectivity index (χ1n) is 4.25. The summed E-state index contributed by atoms with van der Waals surface area (Å²) >= 11 is 0. The van der Waals surface area contributed by atoms with Crippen molar-refractivity contribution >= 4 is 21.1 Å². The van der Waals surface area contributed by atoms with E-state index in [0.29, 0.717) is 16.9 Å². The van der Waals surface area contributed by atoms with Crippen LogP contribution in [-0.4, -0.2) is 30.7 Å². The summed E-state index contributed by atoms with van der Waals surface area (Å²) in [6.45, 7) is 0. The minimum Gasteiger partial charge on any atom is -0.481 e. The van der Waals surface area contributed by atoms with E-state index in [1.165, 1.54) is 17.3 Å². The lowest BCUT2D eigenvalue weighted by Gasteiger charge is -2.02. The predicted octanol–water partition coefficient (Wildman–Crippen LogP) is 0.853. The molecular formula is C9H10N2O3S. The zero-order chi connectivity index (χ0) is 11.1. The molecule has 2 aromatic heterocycles. The highest BCUT2D eigenvalue weighted by molar-refractivity contribution is 7.89. The van der Waals surface area contributed by atoms with Crippen LogP contribution < -0.4 is 4.74 Å². The second-order valence-corrected chi connectivity index (χ2v) is 4.99. The lowest BCUT2D eigenvalue weighted by molar-refractivity contribution is 0.399. The first kappa shape index (κ1) is 9.97. The van der Waals surface area contributed by atoms with Gasteiger partial charge in [0.1, 0.15) is 0 Å². The number of ether oxygens (including phenoxy) is 1. The molecule has 15 heavy (non-hydrogen) atoms. The number of fused-ring (bicyclic) bond motifs is 1. The molecular weight excluding hydrogens is 216 g/mol. The zero-order valence-electron chi connectivity index (χ0n) is 8.34. The summed E-state index contributed by atoms with van der Waals surface area (Å²) in [7, 11) is -1.75. The average molecular weight is 226 g/mol. The lowest BCUT2D eigenvalue weighted by Crippen LogP contribution is -2.08. The summed E-state index contributed by atoms with van der Waals surface area (Å²) in [5.74, 6) is 0.466. The molecule has 2 aromatic rings. The van der Waals surface area contributed by atoms with E-state index in [-0.39, 0.29) is 0 Å². The van der Waals surface area contributed by atoms with Crippen LogP contribution in [0.4, 0.5) is 0 Å². The normalized spacial score (nSPS) is 11.9. The van der Waals surface area contributed by atoms with Gasteiger partial charge in [-0.25, -0.2) is 17.4 Å². The summed E-state index contributed by atoms with van der Waals surface area (Å²) in [4.78, 5) is 4.12. The highest BCUT2D eigenvalue weighted by atomic mass is 32.2. The van der Waals surface area contributed by atoms with Gasteiger partial charge in [-0.2, -0.15) is 0 Å². The highest BCUT2D eigenvalue weighted by Crippen LogP contribution is 2.18. The van der Waals surface area contributed by atoms with E-state index in [9.17, 15) is 8.42 Å². The Balaban J connectivity index is 2.73. The molecule has 0 saturated heterocycles. The Kier molecular flexibility index (Phi) is 2.15. The SMILES string of the molecule is COc1ccc2c(ccn2S(C)(=O)=O)n1. The number of rotatable bonds is 2. The van der Waals surface area contributed by atoms with Crippen LogP contribution in [-0.2, 0) is 10.0 Å². The fourth-order valence-corrected chi connectivity index (χ4v) is 2.17. The Labute approximate surface area is 87.4 Å². The summed E-state index contributed by atoms with van der Waals surface area (Å²) in [6, 6.07) is 4.94. The van der Waals surface area contributed by atoms with E-state index in [0.717, 1.165) is 6.26 Å². The molecule has 0 bridgehead atoms. The molecule has 6 heteroatoms. The van der Waals surface area contributed by atoms with Crippen LogP contribution >= 0.6 is 0 Å². The number of methoxy groups -OCH3 is 1. The van der Waals surface area contributed by atoms with E-state index in [1.807, 2.05) is 0 Å². The molecule has 0 aliphatic rings. The Morgan fingerprint density at radius 2 is 2.07 bits per heavy atom. The zero-order valence-corrected chi connectivity index (χ0v) is 9.15. The van der Waals surface area contributed by atoms with Crippen LogP contribution in [0, 0.1) is 0 Å². The maximum atomic E-state index is 11.4. The third-order valence-corrected chi connectivity index (χ3v) is 3.08. The molecule has 0 aliphatic carbocycles. The van der Waals surface area contributed by atoms with Crippen molar-refractivity contribution < 1.29 is 13.2 Å². The van der Waals surface area contributed by atoms with Crippen molar-refractivity contribution in [2.24, 2.45) is 0 Å². The molecule has 5 nitrogen and oxygen atoms in total. The fraction of sp³-hybridized carbons (Fsp3) is 0.222. The van der Waals surface area contributed by atoms with E-state index >= 15 is 0 Å². The van der Waals surface area contributed by atoms with Gasteiger partial charge in [0, 0.05) is 12.3 Å². The molecule has 0 aromatic carbocycles. The Morgan fingerprint density at radius 1 is 1.33 bits per heavy atom. The maximum Gasteiger partial charge on any atom is 0.236 e. The van der Waals surface area contributed by atoms with Gasteiger partial charge in [0.05, 0.1) is 24.4 Å². The molecule has 0 atom stereocenters. The third-order valence-electron chi connectivity index (χ3n) is 2.05. The Morgan fingerprint density at radius 3 is 2.67 bits per heavy atom. The Hall–Kier alpha value is -1.56. The largest absolute Gasteiger partial charge is 0.481 e. The number of aromatic nitrogens is 2. The van der Waals surface area contributed by atoms with Crippen molar-refractivity contribution in [2.45, 2.75) is 0 Å². The lowest BCUT2D eigenvalue weighted by atomic mass is 10.4. The van der Waals surface area contributed by atoms with Crippen molar-refractivity contribution in [3.63, 3.8) is 0 Å². The fourth-order valence-electron chi connectivity index (χ4n) is 1.38. The summed E-state index contributed by atoms with van der Waals surface area (Å²) in [6.07, 6.45) is 2.63. The Bertz CT molecular complexity index is 601. The summed E-state index contributed by atoms with van der Waals surface area (Å²) in [5, 5.41) is 0. The number of hydrogen-bond donors (Lipinski definition) is 0. The number of hydrogen-bond acceptors (Lipinski definition) is 4. The molecule has 0 amide bonds. The summed E-state index contributed by atoms with van der Waals surface area (Å²) < 4.78 is 28.9. The molecule has 0 unspecified atom stereocenters. The molecule has 80 valence electrons. The van der Waals surface area contributed by atoms with E-state index in [4.69, 9.17) is 4.74 Å². The van der Waals surface area contributed by atoms with Gasteiger partial charge in [-0.05, 0) is 12.1 Å². The number of pyridine rings is 1. The monoisotopic (exact) mass is 226 g/mol. The van der Waals surface area contributed by atoms with Crippen LogP contribution in [0.2, 0.25) is 0 Å². The van der Waals surface area contributed by atoms with Gasteiger partial charge < -0.3 is 4.74 Å². The molecule has 2 rings (SSSR count). The third kappa shape index (κ3) is 1.68. The predicted molar refractivity (Wildman–Crippen MR) is 56.5 cm³/mol. The van der Waals surface area contributed by atoms with Crippen molar-refractivity contribution in [3.8, 4) is 5.88 Å². The molecule has 0 spiro atoms. The van der Waals surface area contributed by atoms with Gasteiger partial charge in [-0.15, -0.1) is 0 Å². The standard InChI is InChI=1S/C9H10N2O3S/c1-14-9-4-3-8-7(10-9)5-6-11(8)15(2,12)13/h3-6H,1-2H3. The van der Waals surface area contributed by atoms with Crippen molar-refractivity contribution in [3.05, 3.63) is 24.4 Å². The van der Waals surface area contributed by atoms with Crippen molar-refractivity contribution in [1.29, 1.82) is 0 Å². The van der Waals surface area contributed by atoms with Crippen molar-refractivity contribution in [1.82, 2.24) is 8.96 Å². The van der Waals surface area contributed by atoms with Crippen molar-refractivity contribution in [2.75, 3.05) is 13.4 Å². The first-order chi connectivity index (χ1) is 7.02. The van der Waals surface area contributed by atoms with Gasteiger partial charge in [0.2, 0.25) is 15.9 Å². The second kappa shape index (κ2) is 3.23. The molecule has 0 N–H and O–H groups in total. The molecule has 0 aliphatic heterocycles. The first-order valence-corrected chi connectivity index (χ1v) is 6.10. The van der Waals surface area contributed by atoms with Crippen LogP contribution in [0.3, 0.4) is 0 Å². The summed E-state index contributed by atoms with van der Waals surface area (Å²) in [5.41, 5.74) is 1.15. The van der Waals surface area contributed by atoms with Crippen LogP contribution in [0.25, 0.3) is 11.0 Å². The quantitative estimate of drug-likeness (QED) is 0.761. The minimum atomic E-state index is -3.27. The second-order valence-electron chi connectivity index (χ2n) is 3.13. The van der Waals surface area contributed by atoms with Crippen LogP contribution in [0.5, 0.6) is 5.88 Å². The van der Waals surface area contributed by atoms with Gasteiger partial charge in [0.15, 0.2) is 0 Å². The molecule has 2 heterocycles.